The summed E-state index contributed by atoms with van der Waals surface area (Å²) in [7, 11) is 3.20. The van der Waals surface area contributed by atoms with E-state index in [0.717, 1.165) is 22.4 Å². The first-order valence-electron chi connectivity index (χ1n) is 12.5. The zero-order valence-corrected chi connectivity index (χ0v) is 23.0. The van der Waals surface area contributed by atoms with Crippen LogP contribution in [0.1, 0.15) is 28.5 Å². The van der Waals surface area contributed by atoms with E-state index < -0.39 is 5.54 Å². The van der Waals surface area contributed by atoms with E-state index in [4.69, 9.17) is 26.2 Å². The van der Waals surface area contributed by atoms with Crippen LogP contribution in [0.5, 0.6) is 11.5 Å². The summed E-state index contributed by atoms with van der Waals surface area (Å²) in [6.07, 6.45) is 0. The van der Waals surface area contributed by atoms with Crippen LogP contribution in [0.25, 0.3) is 11.3 Å². The lowest BCUT2D eigenvalue weighted by molar-refractivity contribution is -0.126. The molecule has 0 fully saturated rings. The molecule has 0 spiro atoms. The lowest BCUT2D eigenvalue weighted by Gasteiger charge is -2.43. The number of hydrogen-bond donors (Lipinski definition) is 1. The van der Waals surface area contributed by atoms with Gasteiger partial charge in [0.05, 0.1) is 26.5 Å². The molecule has 0 bridgehead atoms. The Labute approximate surface area is 232 Å². The van der Waals surface area contributed by atoms with Crippen molar-refractivity contribution < 1.29 is 19.1 Å². The van der Waals surface area contributed by atoms with Gasteiger partial charge in [-0.2, -0.15) is 5.10 Å². The van der Waals surface area contributed by atoms with Crippen LogP contribution in [-0.4, -0.2) is 41.4 Å². The third-order valence-corrected chi connectivity index (χ3v) is 7.30. The number of ether oxygens (including phenoxy) is 2. The second-order valence-electron chi connectivity index (χ2n) is 9.64. The van der Waals surface area contributed by atoms with E-state index in [-0.39, 0.29) is 24.9 Å². The van der Waals surface area contributed by atoms with Gasteiger partial charge in [0.1, 0.15) is 22.7 Å². The summed E-state index contributed by atoms with van der Waals surface area (Å²) in [6, 6.07) is 22.0. The van der Waals surface area contributed by atoms with Crippen molar-refractivity contribution in [2.75, 3.05) is 19.1 Å². The Hall–Kier alpha value is -4.30. The van der Waals surface area contributed by atoms with Crippen LogP contribution in [0.15, 0.2) is 72.8 Å². The second-order valence-corrected chi connectivity index (χ2v) is 10.1. The molecule has 39 heavy (non-hydrogen) atoms. The molecule has 1 aliphatic heterocycles. The Kier molecular flexibility index (Phi) is 7.06. The minimum absolute atomic E-state index is 0.157. The van der Waals surface area contributed by atoms with Gasteiger partial charge < -0.3 is 14.8 Å². The summed E-state index contributed by atoms with van der Waals surface area (Å²) in [5, 5.41) is 8.30. The predicted octanol–water partition coefficient (Wildman–Crippen LogP) is 5.26. The SMILES string of the molecule is COc1ccc(-c2cc3n(n2)CC(C)(C(=O)NCc2ccccc2OC)N(c2ccc(Cl)cc2C)C3=O)cc1. The summed E-state index contributed by atoms with van der Waals surface area (Å²) >= 11 is 6.23. The first-order valence-corrected chi connectivity index (χ1v) is 12.9. The average Bonchev–Trinajstić information content (AvgIpc) is 3.37. The smallest absolute Gasteiger partial charge is 0.277 e. The second kappa shape index (κ2) is 10.5. The number of hydrogen-bond acceptors (Lipinski definition) is 5. The van der Waals surface area contributed by atoms with Crippen LogP contribution in [0.2, 0.25) is 5.02 Å². The number of aromatic nitrogens is 2. The Balaban J connectivity index is 1.55. The molecule has 200 valence electrons. The van der Waals surface area contributed by atoms with Gasteiger partial charge in [-0.05, 0) is 74.0 Å². The molecule has 1 atom stereocenters. The van der Waals surface area contributed by atoms with Crippen molar-refractivity contribution in [3.05, 3.63) is 94.6 Å². The maximum absolute atomic E-state index is 14.1. The quantitative estimate of drug-likeness (QED) is 0.343. The van der Waals surface area contributed by atoms with Crippen LogP contribution in [0.4, 0.5) is 5.69 Å². The van der Waals surface area contributed by atoms with Gasteiger partial charge >= 0.3 is 0 Å². The Morgan fingerprint density at radius 3 is 2.49 bits per heavy atom. The van der Waals surface area contributed by atoms with Gasteiger partial charge in [-0.25, -0.2) is 0 Å². The van der Waals surface area contributed by atoms with Crippen molar-refractivity contribution in [2.24, 2.45) is 0 Å². The maximum Gasteiger partial charge on any atom is 0.277 e. The Bertz CT molecular complexity index is 1550. The predicted molar refractivity (Wildman–Crippen MR) is 150 cm³/mol. The third kappa shape index (κ3) is 4.83. The average molecular weight is 545 g/mol. The fourth-order valence-electron chi connectivity index (χ4n) is 4.95. The number of anilines is 1. The molecule has 4 aromatic rings. The van der Waals surface area contributed by atoms with Crippen LogP contribution in [-0.2, 0) is 17.9 Å². The van der Waals surface area contributed by atoms with Crippen LogP contribution < -0.4 is 19.7 Å². The molecular weight excluding hydrogens is 516 g/mol. The van der Waals surface area contributed by atoms with Gasteiger partial charge in [0.15, 0.2) is 0 Å². The number of aryl methyl sites for hydroxylation is 1. The number of fused-ring (bicyclic) bond motifs is 1. The molecule has 2 heterocycles. The number of amides is 2. The van der Waals surface area contributed by atoms with Crippen molar-refractivity contribution in [3.63, 3.8) is 0 Å². The number of rotatable bonds is 7. The summed E-state index contributed by atoms with van der Waals surface area (Å²) in [5.41, 5.74) is 2.80. The Morgan fingerprint density at radius 1 is 1.05 bits per heavy atom. The molecule has 0 aliphatic carbocycles. The monoisotopic (exact) mass is 544 g/mol. The van der Waals surface area contributed by atoms with Gasteiger partial charge in [-0.3, -0.25) is 19.2 Å². The summed E-state index contributed by atoms with van der Waals surface area (Å²) < 4.78 is 12.3. The van der Waals surface area contributed by atoms with E-state index in [0.29, 0.717) is 27.8 Å². The molecule has 1 N–H and O–H groups in total. The van der Waals surface area contributed by atoms with Crippen molar-refractivity contribution >= 4 is 29.1 Å². The number of para-hydroxylation sites is 1. The van der Waals surface area contributed by atoms with Gasteiger partial charge in [0.2, 0.25) is 5.91 Å². The van der Waals surface area contributed by atoms with Crippen molar-refractivity contribution in [2.45, 2.75) is 32.5 Å². The summed E-state index contributed by atoms with van der Waals surface area (Å²) in [6.45, 7) is 4.03. The lowest BCUT2D eigenvalue weighted by atomic mass is 9.93. The van der Waals surface area contributed by atoms with Gasteiger partial charge in [-0.15, -0.1) is 0 Å². The highest BCUT2D eigenvalue weighted by Gasteiger charge is 2.49. The molecule has 0 radical (unpaired) electrons. The van der Waals surface area contributed by atoms with Gasteiger partial charge in [0.25, 0.3) is 5.91 Å². The highest BCUT2D eigenvalue weighted by atomic mass is 35.5. The topological polar surface area (TPSA) is 85.7 Å². The summed E-state index contributed by atoms with van der Waals surface area (Å²) in [4.78, 5) is 29.6. The number of methoxy groups -OCH3 is 2. The molecule has 8 nitrogen and oxygen atoms in total. The van der Waals surface area contributed by atoms with Crippen molar-refractivity contribution in [3.8, 4) is 22.8 Å². The molecular formula is C30H29ClN4O4. The molecule has 2 amide bonds. The van der Waals surface area contributed by atoms with Crippen LogP contribution in [0, 0.1) is 6.92 Å². The first kappa shape index (κ1) is 26.3. The molecule has 0 saturated heterocycles. The number of carbonyl (C=O) groups is 2. The van der Waals surface area contributed by atoms with Gasteiger partial charge in [0, 0.05) is 28.4 Å². The molecule has 1 unspecified atom stereocenters. The van der Waals surface area contributed by atoms with E-state index in [1.807, 2.05) is 55.5 Å². The minimum atomic E-state index is -1.28. The number of nitrogens with one attached hydrogen (secondary N) is 1. The van der Waals surface area contributed by atoms with E-state index in [1.165, 1.54) is 0 Å². The maximum atomic E-state index is 14.1. The molecule has 5 rings (SSSR count). The van der Waals surface area contributed by atoms with Gasteiger partial charge in [-0.1, -0.05) is 29.8 Å². The fraction of sp³-hybridized carbons (Fsp3) is 0.233. The summed E-state index contributed by atoms with van der Waals surface area (Å²) in [5.74, 6) is 0.756. The fourth-order valence-corrected chi connectivity index (χ4v) is 5.17. The molecule has 9 heteroatoms. The third-order valence-electron chi connectivity index (χ3n) is 7.06. The number of halogens is 1. The van der Waals surface area contributed by atoms with Crippen molar-refractivity contribution in [1.29, 1.82) is 0 Å². The van der Waals surface area contributed by atoms with E-state index in [9.17, 15) is 9.59 Å². The first-order chi connectivity index (χ1) is 18.7. The Morgan fingerprint density at radius 2 is 1.79 bits per heavy atom. The zero-order valence-electron chi connectivity index (χ0n) is 22.2. The molecule has 0 saturated carbocycles. The lowest BCUT2D eigenvalue weighted by Crippen LogP contribution is -2.64. The van der Waals surface area contributed by atoms with E-state index in [2.05, 4.69) is 5.32 Å². The number of nitrogens with zero attached hydrogens (tertiary/aromatic N) is 3. The highest BCUT2D eigenvalue weighted by Crippen LogP contribution is 2.37. The highest BCUT2D eigenvalue weighted by molar-refractivity contribution is 6.30. The molecule has 1 aromatic heterocycles. The normalized spacial score (nSPS) is 16.5. The zero-order chi connectivity index (χ0) is 27.7. The largest absolute Gasteiger partial charge is 0.497 e. The minimum Gasteiger partial charge on any atom is -0.497 e. The van der Waals surface area contributed by atoms with Crippen molar-refractivity contribution in [1.82, 2.24) is 15.1 Å². The van der Waals surface area contributed by atoms with E-state index >= 15 is 0 Å². The molecule has 3 aromatic carbocycles. The number of benzene rings is 3. The number of carbonyl (C=O) groups excluding carboxylic acids is 2. The standard InChI is InChI=1S/C30H29ClN4O4/c1-19-15-22(31)11-14-25(19)35-28(36)26-16-24(20-9-12-23(38-3)13-10-20)33-34(26)18-30(35,2)29(37)32-17-21-7-5-6-8-27(21)39-4/h5-16H,17-18H2,1-4H3,(H,32,37). The van der Waals surface area contributed by atoms with Crippen LogP contribution in [0.3, 0.4) is 0 Å². The van der Waals surface area contributed by atoms with E-state index in [1.54, 1.807) is 55.0 Å². The molecule has 1 aliphatic rings. The van der Waals surface area contributed by atoms with Crippen LogP contribution >= 0.6 is 11.6 Å².